The average molecular weight is 271 g/mol. The summed E-state index contributed by atoms with van der Waals surface area (Å²) in [6.07, 6.45) is 2.17. The van der Waals surface area contributed by atoms with E-state index in [4.69, 9.17) is 0 Å². The fourth-order valence-electron chi connectivity index (χ4n) is 1.90. The predicted molar refractivity (Wildman–Crippen MR) is 60.8 cm³/mol. The highest BCUT2D eigenvalue weighted by Crippen LogP contribution is 2.35. The van der Waals surface area contributed by atoms with Crippen molar-refractivity contribution in [3.63, 3.8) is 0 Å². The summed E-state index contributed by atoms with van der Waals surface area (Å²) in [7, 11) is 0. The minimum Gasteiger partial charge on any atom is -0.310 e. The zero-order valence-corrected chi connectivity index (χ0v) is 9.66. The van der Waals surface area contributed by atoms with E-state index in [-0.39, 0.29) is 16.7 Å². The topological polar surface area (TPSA) is 55.2 Å². The van der Waals surface area contributed by atoms with E-state index < -0.39 is 0 Å². The van der Waals surface area contributed by atoms with E-state index in [2.05, 4.69) is 21.2 Å². The molecule has 15 heavy (non-hydrogen) atoms. The molecule has 1 unspecified atom stereocenters. The third kappa shape index (κ3) is 2.03. The summed E-state index contributed by atoms with van der Waals surface area (Å²) >= 11 is 3.31. The molecule has 80 valence electrons. The summed E-state index contributed by atoms with van der Waals surface area (Å²) in [4.78, 5) is 10.4. The minimum absolute atomic E-state index is 0.140. The zero-order valence-electron chi connectivity index (χ0n) is 8.07. The van der Waals surface area contributed by atoms with Crippen LogP contribution in [0.2, 0.25) is 0 Å². The summed E-state index contributed by atoms with van der Waals surface area (Å²) in [5.41, 5.74) is 1.13. The van der Waals surface area contributed by atoms with Crippen LogP contribution in [0.1, 0.15) is 24.4 Å². The Morgan fingerprint density at radius 3 is 2.93 bits per heavy atom. The Kier molecular flexibility index (Phi) is 3.02. The van der Waals surface area contributed by atoms with Gasteiger partial charge < -0.3 is 5.32 Å². The number of hydrogen-bond donors (Lipinski definition) is 1. The van der Waals surface area contributed by atoms with E-state index in [1.807, 2.05) is 6.07 Å². The number of nitrogens with one attached hydrogen (secondary N) is 1. The highest BCUT2D eigenvalue weighted by atomic mass is 79.9. The van der Waals surface area contributed by atoms with Crippen molar-refractivity contribution in [2.45, 2.75) is 18.9 Å². The van der Waals surface area contributed by atoms with E-state index in [1.54, 1.807) is 6.07 Å². The van der Waals surface area contributed by atoms with Gasteiger partial charge in [0.2, 0.25) is 0 Å². The summed E-state index contributed by atoms with van der Waals surface area (Å²) in [6.45, 7) is 0.986. The van der Waals surface area contributed by atoms with Crippen LogP contribution in [0.5, 0.6) is 0 Å². The number of nitro benzene ring substituents is 1. The van der Waals surface area contributed by atoms with Crippen molar-refractivity contribution in [1.29, 1.82) is 0 Å². The standard InChI is InChI=1S/C10H11BrN2O2/c11-10-7(8-4-2-6-12-8)3-1-5-9(10)13(14)15/h1,3,5,8,12H,2,4,6H2. The third-order valence-electron chi connectivity index (χ3n) is 2.64. The number of hydrogen-bond acceptors (Lipinski definition) is 3. The smallest absolute Gasteiger partial charge is 0.283 e. The monoisotopic (exact) mass is 270 g/mol. The average Bonchev–Trinajstić information content (AvgIpc) is 2.70. The van der Waals surface area contributed by atoms with Gasteiger partial charge in [-0.3, -0.25) is 10.1 Å². The SMILES string of the molecule is O=[N+]([O-])c1cccc(C2CCCN2)c1Br. The van der Waals surface area contributed by atoms with Gasteiger partial charge in [0.15, 0.2) is 0 Å². The van der Waals surface area contributed by atoms with Gasteiger partial charge in [0.1, 0.15) is 0 Å². The molecule has 1 aliphatic rings. The molecule has 0 aromatic heterocycles. The predicted octanol–water partition coefficient (Wildman–Crippen LogP) is 2.78. The van der Waals surface area contributed by atoms with Gasteiger partial charge in [-0.05, 0) is 40.9 Å². The van der Waals surface area contributed by atoms with Crippen molar-refractivity contribution < 1.29 is 4.92 Å². The first kappa shape index (κ1) is 10.6. The zero-order chi connectivity index (χ0) is 10.8. The van der Waals surface area contributed by atoms with Gasteiger partial charge in [0.25, 0.3) is 5.69 Å². The quantitative estimate of drug-likeness (QED) is 0.664. The van der Waals surface area contributed by atoms with Crippen molar-refractivity contribution >= 4 is 21.6 Å². The number of nitro groups is 1. The van der Waals surface area contributed by atoms with E-state index in [1.165, 1.54) is 6.07 Å². The molecule has 1 fully saturated rings. The Bertz CT molecular complexity index is 389. The molecular formula is C10H11BrN2O2. The fraction of sp³-hybridized carbons (Fsp3) is 0.400. The molecule has 1 heterocycles. The second-order valence-corrected chi connectivity index (χ2v) is 4.38. The van der Waals surface area contributed by atoms with Crippen molar-refractivity contribution in [3.05, 3.63) is 38.3 Å². The lowest BCUT2D eigenvalue weighted by atomic mass is 10.0. The van der Waals surface area contributed by atoms with E-state index >= 15 is 0 Å². The molecule has 4 nitrogen and oxygen atoms in total. The Hall–Kier alpha value is -0.940. The molecule has 1 N–H and O–H groups in total. The van der Waals surface area contributed by atoms with Crippen LogP contribution in [0.25, 0.3) is 0 Å². The van der Waals surface area contributed by atoms with E-state index in [0.717, 1.165) is 24.9 Å². The molecule has 0 bridgehead atoms. The minimum atomic E-state index is -0.359. The molecule has 0 aliphatic carbocycles. The lowest BCUT2D eigenvalue weighted by Crippen LogP contribution is -2.13. The second-order valence-electron chi connectivity index (χ2n) is 3.59. The van der Waals surface area contributed by atoms with Crippen LogP contribution in [0.15, 0.2) is 22.7 Å². The van der Waals surface area contributed by atoms with Gasteiger partial charge in [-0.25, -0.2) is 0 Å². The molecule has 0 radical (unpaired) electrons. The Morgan fingerprint density at radius 2 is 2.33 bits per heavy atom. The number of benzene rings is 1. The largest absolute Gasteiger partial charge is 0.310 e. The highest BCUT2D eigenvalue weighted by Gasteiger charge is 2.23. The van der Waals surface area contributed by atoms with Crippen molar-refractivity contribution in [1.82, 2.24) is 5.32 Å². The van der Waals surface area contributed by atoms with Crippen molar-refractivity contribution in [3.8, 4) is 0 Å². The lowest BCUT2D eigenvalue weighted by Gasteiger charge is -2.12. The van der Waals surface area contributed by atoms with E-state index in [9.17, 15) is 10.1 Å². The van der Waals surface area contributed by atoms with Gasteiger partial charge in [-0.1, -0.05) is 12.1 Å². The molecule has 1 aliphatic heterocycles. The Balaban J connectivity index is 2.39. The van der Waals surface area contributed by atoms with Crippen LogP contribution in [0.3, 0.4) is 0 Å². The number of rotatable bonds is 2. The summed E-state index contributed by atoms with van der Waals surface area (Å²) in [6, 6.07) is 5.43. The van der Waals surface area contributed by atoms with Crippen molar-refractivity contribution in [2.75, 3.05) is 6.54 Å². The van der Waals surface area contributed by atoms with Gasteiger partial charge in [0.05, 0.1) is 9.40 Å². The summed E-state index contributed by atoms with van der Waals surface area (Å²) in [5, 5.41) is 14.1. The van der Waals surface area contributed by atoms with Gasteiger partial charge in [-0.2, -0.15) is 0 Å². The molecule has 0 saturated carbocycles. The van der Waals surface area contributed by atoms with Gasteiger partial charge >= 0.3 is 0 Å². The van der Waals surface area contributed by atoms with Crippen LogP contribution in [-0.4, -0.2) is 11.5 Å². The first-order chi connectivity index (χ1) is 7.20. The highest BCUT2D eigenvalue weighted by molar-refractivity contribution is 9.10. The molecular weight excluding hydrogens is 260 g/mol. The van der Waals surface area contributed by atoms with Gasteiger partial charge in [-0.15, -0.1) is 0 Å². The molecule has 5 heteroatoms. The first-order valence-corrected chi connectivity index (χ1v) is 5.65. The van der Waals surface area contributed by atoms with Crippen LogP contribution < -0.4 is 5.32 Å². The summed E-state index contributed by atoms with van der Waals surface area (Å²) < 4.78 is 0.606. The maximum Gasteiger partial charge on any atom is 0.283 e. The van der Waals surface area contributed by atoms with E-state index in [0.29, 0.717) is 4.47 Å². The molecule has 1 aromatic carbocycles. The summed E-state index contributed by atoms with van der Waals surface area (Å²) in [5.74, 6) is 0. The Morgan fingerprint density at radius 1 is 1.53 bits per heavy atom. The van der Waals surface area contributed by atoms with Crippen LogP contribution in [0, 0.1) is 10.1 Å². The molecule has 1 saturated heterocycles. The second kappa shape index (κ2) is 4.28. The van der Waals surface area contributed by atoms with Crippen LogP contribution in [-0.2, 0) is 0 Å². The van der Waals surface area contributed by atoms with Gasteiger partial charge in [0, 0.05) is 12.1 Å². The molecule has 0 spiro atoms. The fourth-order valence-corrected chi connectivity index (χ4v) is 2.58. The van der Waals surface area contributed by atoms with Crippen LogP contribution in [0.4, 0.5) is 5.69 Å². The van der Waals surface area contributed by atoms with Crippen molar-refractivity contribution in [2.24, 2.45) is 0 Å². The molecule has 1 atom stereocenters. The Labute approximate surface area is 96.0 Å². The number of nitrogens with zero attached hydrogens (tertiary/aromatic N) is 1. The molecule has 0 amide bonds. The maximum absolute atomic E-state index is 10.7. The number of halogens is 1. The lowest BCUT2D eigenvalue weighted by molar-refractivity contribution is -0.385. The normalized spacial score (nSPS) is 20.5. The molecule has 2 rings (SSSR count). The molecule has 1 aromatic rings. The maximum atomic E-state index is 10.7. The first-order valence-electron chi connectivity index (χ1n) is 4.86. The third-order valence-corrected chi connectivity index (χ3v) is 3.50. The van der Waals surface area contributed by atoms with Crippen LogP contribution >= 0.6 is 15.9 Å².